The minimum absolute atomic E-state index is 0.197. The van der Waals surface area contributed by atoms with Crippen molar-refractivity contribution < 1.29 is 4.79 Å². The first kappa shape index (κ1) is 13.1. The number of benzene rings is 2. The fraction of sp³-hybridized carbons (Fsp3) is 0. The molecule has 20 heavy (non-hydrogen) atoms. The Kier molecular flexibility index (Phi) is 3.64. The van der Waals surface area contributed by atoms with Crippen LogP contribution in [-0.2, 0) is 0 Å². The first-order chi connectivity index (χ1) is 9.72. The molecular formula is C16H11IN2O. The Hall–Kier alpha value is -1.95. The van der Waals surface area contributed by atoms with Crippen molar-refractivity contribution in [1.29, 1.82) is 0 Å². The monoisotopic (exact) mass is 374 g/mol. The highest BCUT2D eigenvalue weighted by Crippen LogP contribution is 2.15. The van der Waals surface area contributed by atoms with Gasteiger partial charge in [-0.15, -0.1) is 0 Å². The number of hydrogen-bond donors (Lipinski definition) is 1. The molecule has 0 saturated heterocycles. The zero-order valence-electron chi connectivity index (χ0n) is 10.5. The van der Waals surface area contributed by atoms with Crippen LogP contribution in [0.3, 0.4) is 0 Å². The molecule has 0 aliphatic heterocycles. The molecule has 0 bridgehead atoms. The van der Waals surface area contributed by atoms with E-state index in [1.165, 1.54) is 0 Å². The SMILES string of the molecule is O=C(Nc1cccc(I)c1)c1ccc2ccccc2n1. The molecule has 98 valence electrons. The Morgan fingerprint density at radius 1 is 1.00 bits per heavy atom. The van der Waals surface area contributed by atoms with Crippen molar-refractivity contribution >= 4 is 45.1 Å². The first-order valence-electron chi connectivity index (χ1n) is 6.15. The number of carbonyl (C=O) groups is 1. The summed E-state index contributed by atoms with van der Waals surface area (Å²) in [5, 5.41) is 3.88. The van der Waals surface area contributed by atoms with Gasteiger partial charge in [0.25, 0.3) is 5.91 Å². The number of anilines is 1. The highest BCUT2D eigenvalue weighted by molar-refractivity contribution is 14.1. The fourth-order valence-electron chi connectivity index (χ4n) is 1.95. The maximum absolute atomic E-state index is 12.2. The van der Waals surface area contributed by atoms with Crippen LogP contribution in [0.1, 0.15) is 10.5 Å². The summed E-state index contributed by atoms with van der Waals surface area (Å²) in [5.41, 5.74) is 2.02. The topological polar surface area (TPSA) is 42.0 Å². The Bertz CT molecular complexity index is 786. The molecule has 1 N–H and O–H groups in total. The average molecular weight is 374 g/mol. The molecule has 1 heterocycles. The van der Waals surface area contributed by atoms with Gasteiger partial charge in [0.05, 0.1) is 5.52 Å². The minimum Gasteiger partial charge on any atom is -0.321 e. The van der Waals surface area contributed by atoms with Crippen LogP contribution in [0.2, 0.25) is 0 Å². The summed E-state index contributed by atoms with van der Waals surface area (Å²) in [6.07, 6.45) is 0. The molecule has 3 nitrogen and oxygen atoms in total. The number of rotatable bonds is 2. The number of para-hydroxylation sites is 1. The Balaban J connectivity index is 1.88. The van der Waals surface area contributed by atoms with Crippen LogP contribution in [-0.4, -0.2) is 10.9 Å². The largest absolute Gasteiger partial charge is 0.321 e. The number of amides is 1. The van der Waals surface area contributed by atoms with Gasteiger partial charge in [-0.3, -0.25) is 4.79 Å². The molecule has 0 spiro atoms. The number of nitrogens with zero attached hydrogens (tertiary/aromatic N) is 1. The molecular weight excluding hydrogens is 363 g/mol. The third-order valence-corrected chi connectivity index (χ3v) is 3.58. The molecule has 1 amide bonds. The van der Waals surface area contributed by atoms with Crippen LogP contribution in [0.4, 0.5) is 5.69 Å². The molecule has 2 aromatic carbocycles. The molecule has 1 aromatic heterocycles. The lowest BCUT2D eigenvalue weighted by Crippen LogP contribution is -2.13. The summed E-state index contributed by atoms with van der Waals surface area (Å²) in [4.78, 5) is 16.6. The van der Waals surface area contributed by atoms with Crippen molar-refractivity contribution in [3.05, 3.63) is 69.9 Å². The van der Waals surface area contributed by atoms with Gasteiger partial charge in [0.2, 0.25) is 0 Å². The van der Waals surface area contributed by atoms with Gasteiger partial charge in [-0.25, -0.2) is 4.98 Å². The zero-order valence-corrected chi connectivity index (χ0v) is 12.7. The second-order valence-corrected chi connectivity index (χ2v) is 5.60. The quantitative estimate of drug-likeness (QED) is 0.687. The van der Waals surface area contributed by atoms with E-state index in [4.69, 9.17) is 0 Å². The van der Waals surface area contributed by atoms with Crippen molar-refractivity contribution in [3.63, 3.8) is 0 Å². The van der Waals surface area contributed by atoms with Gasteiger partial charge < -0.3 is 5.32 Å². The van der Waals surface area contributed by atoms with Crippen LogP contribution >= 0.6 is 22.6 Å². The van der Waals surface area contributed by atoms with Crippen molar-refractivity contribution in [2.24, 2.45) is 0 Å². The maximum Gasteiger partial charge on any atom is 0.274 e. The predicted octanol–water partition coefficient (Wildman–Crippen LogP) is 4.09. The lowest BCUT2D eigenvalue weighted by atomic mass is 10.2. The molecule has 0 atom stereocenters. The summed E-state index contributed by atoms with van der Waals surface area (Å²) in [5.74, 6) is -0.197. The smallest absolute Gasteiger partial charge is 0.274 e. The number of fused-ring (bicyclic) bond motifs is 1. The molecule has 0 aliphatic rings. The molecule has 0 aliphatic carbocycles. The van der Waals surface area contributed by atoms with E-state index in [1.54, 1.807) is 6.07 Å². The molecule has 0 saturated carbocycles. The summed E-state index contributed by atoms with van der Waals surface area (Å²) in [6.45, 7) is 0. The predicted molar refractivity (Wildman–Crippen MR) is 88.9 cm³/mol. The summed E-state index contributed by atoms with van der Waals surface area (Å²) < 4.78 is 1.08. The van der Waals surface area contributed by atoms with Gasteiger partial charge in [-0.1, -0.05) is 30.3 Å². The molecule has 4 heteroatoms. The third-order valence-electron chi connectivity index (χ3n) is 2.91. The average Bonchev–Trinajstić information content (AvgIpc) is 2.47. The van der Waals surface area contributed by atoms with E-state index in [1.807, 2.05) is 54.6 Å². The Morgan fingerprint density at radius 3 is 2.70 bits per heavy atom. The maximum atomic E-state index is 12.2. The minimum atomic E-state index is -0.197. The fourth-order valence-corrected chi connectivity index (χ4v) is 2.50. The lowest BCUT2D eigenvalue weighted by molar-refractivity contribution is 0.102. The van der Waals surface area contributed by atoms with E-state index in [9.17, 15) is 4.79 Å². The van der Waals surface area contributed by atoms with Crippen molar-refractivity contribution in [3.8, 4) is 0 Å². The summed E-state index contributed by atoms with van der Waals surface area (Å²) in [7, 11) is 0. The van der Waals surface area contributed by atoms with Gasteiger partial charge in [0.15, 0.2) is 0 Å². The van der Waals surface area contributed by atoms with E-state index in [2.05, 4.69) is 32.9 Å². The van der Waals surface area contributed by atoms with Crippen molar-refractivity contribution in [2.75, 3.05) is 5.32 Å². The van der Waals surface area contributed by atoms with E-state index in [0.29, 0.717) is 5.69 Å². The zero-order chi connectivity index (χ0) is 13.9. The van der Waals surface area contributed by atoms with Gasteiger partial charge in [-0.05, 0) is 52.9 Å². The molecule has 0 radical (unpaired) electrons. The summed E-state index contributed by atoms with van der Waals surface area (Å²) >= 11 is 2.21. The number of hydrogen-bond acceptors (Lipinski definition) is 2. The van der Waals surface area contributed by atoms with Crippen LogP contribution in [0.5, 0.6) is 0 Å². The Labute approximate surface area is 130 Å². The van der Waals surface area contributed by atoms with E-state index in [0.717, 1.165) is 20.2 Å². The normalized spacial score (nSPS) is 10.4. The first-order valence-corrected chi connectivity index (χ1v) is 7.23. The number of pyridine rings is 1. The Morgan fingerprint density at radius 2 is 1.85 bits per heavy atom. The van der Waals surface area contributed by atoms with Gasteiger partial charge in [0, 0.05) is 14.6 Å². The van der Waals surface area contributed by atoms with Gasteiger partial charge >= 0.3 is 0 Å². The second-order valence-electron chi connectivity index (χ2n) is 4.35. The second kappa shape index (κ2) is 5.58. The van der Waals surface area contributed by atoms with Crippen molar-refractivity contribution in [2.45, 2.75) is 0 Å². The van der Waals surface area contributed by atoms with Gasteiger partial charge in [0.1, 0.15) is 5.69 Å². The number of nitrogens with one attached hydrogen (secondary N) is 1. The van der Waals surface area contributed by atoms with E-state index < -0.39 is 0 Å². The van der Waals surface area contributed by atoms with Crippen LogP contribution in [0.25, 0.3) is 10.9 Å². The van der Waals surface area contributed by atoms with Crippen molar-refractivity contribution in [1.82, 2.24) is 4.98 Å². The highest BCUT2D eigenvalue weighted by atomic mass is 127. The summed E-state index contributed by atoms with van der Waals surface area (Å²) in [6, 6.07) is 19.1. The van der Waals surface area contributed by atoms with E-state index >= 15 is 0 Å². The number of halogens is 1. The molecule has 3 rings (SSSR count). The van der Waals surface area contributed by atoms with Crippen LogP contribution < -0.4 is 5.32 Å². The lowest BCUT2D eigenvalue weighted by Gasteiger charge is -2.06. The van der Waals surface area contributed by atoms with E-state index in [-0.39, 0.29) is 5.91 Å². The van der Waals surface area contributed by atoms with Crippen LogP contribution in [0.15, 0.2) is 60.7 Å². The standard InChI is InChI=1S/C16H11IN2O/c17-12-5-3-6-13(10-12)18-16(20)15-9-8-11-4-1-2-7-14(11)19-15/h1-10H,(H,18,20). The van der Waals surface area contributed by atoms with Gasteiger partial charge in [-0.2, -0.15) is 0 Å². The molecule has 0 unspecified atom stereocenters. The molecule has 3 aromatic rings. The number of aromatic nitrogens is 1. The molecule has 0 fully saturated rings. The van der Waals surface area contributed by atoms with Crippen LogP contribution in [0, 0.1) is 3.57 Å². The number of carbonyl (C=O) groups excluding carboxylic acids is 1. The third kappa shape index (κ3) is 2.80. The highest BCUT2D eigenvalue weighted by Gasteiger charge is 2.08.